The standard InChI is InChI=1S/C6H11ClO2/c1-2-5(8)3-6(9)4-7/h6,9H,2-4H2,1H3/t6-/m1/s1. The number of hydrogen-bond acceptors (Lipinski definition) is 2. The van der Waals surface area contributed by atoms with Gasteiger partial charge in [-0.1, -0.05) is 6.92 Å². The van der Waals surface area contributed by atoms with E-state index in [-0.39, 0.29) is 18.1 Å². The van der Waals surface area contributed by atoms with Crippen LogP contribution in [-0.2, 0) is 4.79 Å². The molecule has 0 spiro atoms. The smallest absolute Gasteiger partial charge is 0.135 e. The first-order chi connectivity index (χ1) is 4.20. The minimum Gasteiger partial charge on any atom is -0.391 e. The largest absolute Gasteiger partial charge is 0.391 e. The van der Waals surface area contributed by atoms with Crippen molar-refractivity contribution in [1.29, 1.82) is 0 Å². The Morgan fingerprint density at radius 3 is 2.67 bits per heavy atom. The summed E-state index contributed by atoms with van der Waals surface area (Å²) >= 11 is 5.25. The van der Waals surface area contributed by atoms with Gasteiger partial charge in [-0.3, -0.25) is 4.79 Å². The highest BCUT2D eigenvalue weighted by Crippen LogP contribution is 1.97. The summed E-state index contributed by atoms with van der Waals surface area (Å²) in [5, 5.41) is 8.81. The third-order valence-corrected chi connectivity index (χ3v) is 1.39. The summed E-state index contributed by atoms with van der Waals surface area (Å²) in [5.74, 6) is 0.203. The normalized spacial score (nSPS) is 13.2. The van der Waals surface area contributed by atoms with Crippen molar-refractivity contribution in [3.63, 3.8) is 0 Å². The summed E-state index contributed by atoms with van der Waals surface area (Å²) in [6.45, 7) is 1.77. The van der Waals surface area contributed by atoms with Gasteiger partial charge in [0.15, 0.2) is 0 Å². The van der Waals surface area contributed by atoms with Gasteiger partial charge in [0.25, 0.3) is 0 Å². The third kappa shape index (κ3) is 4.43. The van der Waals surface area contributed by atoms with E-state index in [9.17, 15) is 4.79 Å². The number of carbonyl (C=O) groups is 1. The summed E-state index contributed by atoms with van der Waals surface area (Å²) in [6.07, 6.45) is 0.0210. The number of carbonyl (C=O) groups excluding carboxylic acids is 1. The predicted molar refractivity (Wildman–Crippen MR) is 36.6 cm³/mol. The van der Waals surface area contributed by atoms with Crippen molar-refractivity contribution >= 4 is 17.4 Å². The first kappa shape index (κ1) is 8.92. The third-order valence-electron chi connectivity index (χ3n) is 1.04. The van der Waals surface area contributed by atoms with E-state index in [1.807, 2.05) is 0 Å². The van der Waals surface area contributed by atoms with Gasteiger partial charge in [-0.2, -0.15) is 0 Å². The first-order valence-corrected chi connectivity index (χ1v) is 3.49. The zero-order chi connectivity index (χ0) is 7.28. The zero-order valence-corrected chi connectivity index (χ0v) is 6.19. The maximum atomic E-state index is 10.6. The average molecular weight is 151 g/mol. The van der Waals surface area contributed by atoms with Crippen LogP contribution in [0.2, 0.25) is 0 Å². The molecule has 0 saturated carbocycles. The van der Waals surface area contributed by atoms with Gasteiger partial charge in [-0.05, 0) is 0 Å². The van der Waals surface area contributed by atoms with Crippen molar-refractivity contribution < 1.29 is 9.90 Å². The van der Waals surface area contributed by atoms with E-state index in [1.165, 1.54) is 0 Å². The maximum Gasteiger partial charge on any atom is 0.135 e. The number of aliphatic hydroxyl groups is 1. The fraction of sp³-hybridized carbons (Fsp3) is 0.833. The molecular weight excluding hydrogens is 140 g/mol. The maximum absolute atomic E-state index is 10.6. The number of alkyl halides is 1. The second kappa shape index (κ2) is 4.77. The molecule has 1 atom stereocenters. The monoisotopic (exact) mass is 150 g/mol. The molecule has 0 saturated heterocycles. The van der Waals surface area contributed by atoms with Gasteiger partial charge in [-0.25, -0.2) is 0 Å². The number of Topliss-reactive ketones (excluding diaryl/α,β-unsaturated/α-hetero) is 1. The lowest BCUT2D eigenvalue weighted by Gasteiger charge is -2.01. The van der Waals surface area contributed by atoms with E-state index in [0.29, 0.717) is 6.42 Å². The topological polar surface area (TPSA) is 37.3 Å². The predicted octanol–water partition coefficient (Wildman–Crippen LogP) is 0.955. The van der Waals surface area contributed by atoms with Crippen molar-refractivity contribution in [2.45, 2.75) is 25.9 Å². The van der Waals surface area contributed by atoms with Gasteiger partial charge in [0.05, 0.1) is 6.10 Å². The number of halogens is 1. The lowest BCUT2D eigenvalue weighted by molar-refractivity contribution is -0.120. The van der Waals surface area contributed by atoms with Crippen molar-refractivity contribution in [3.05, 3.63) is 0 Å². The van der Waals surface area contributed by atoms with Crippen LogP contribution in [0.25, 0.3) is 0 Å². The van der Waals surface area contributed by atoms with Crippen LogP contribution in [-0.4, -0.2) is 22.9 Å². The van der Waals surface area contributed by atoms with Crippen molar-refractivity contribution in [3.8, 4) is 0 Å². The van der Waals surface area contributed by atoms with Crippen molar-refractivity contribution in [1.82, 2.24) is 0 Å². The number of ketones is 1. The molecular formula is C6H11ClO2. The second-order valence-corrected chi connectivity index (χ2v) is 2.21. The Morgan fingerprint density at radius 2 is 2.33 bits per heavy atom. The van der Waals surface area contributed by atoms with Gasteiger partial charge in [0.1, 0.15) is 5.78 Å². The Balaban J connectivity index is 3.34. The Morgan fingerprint density at radius 1 is 1.78 bits per heavy atom. The van der Waals surface area contributed by atoms with Crippen molar-refractivity contribution in [2.24, 2.45) is 0 Å². The van der Waals surface area contributed by atoms with E-state index in [4.69, 9.17) is 16.7 Å². The van der Waals surface area contributed by atoms with E-state index >= 15 is 0 Å². The molecule has 2 nitrogen and oxygen atoms in total. The summed E-state index contributed by atoms with van der Waals surface area (Å²) < 4.78 is 0. The highest BCUT2D eigenvalue weighted by Gasteiger charge is 2.06. The molecule has 0 aromatic carbocycles. The summed E-state index contributed by atoms with van der Waals surface area (Å²) in [7, 11) is 0. The summed E-state index contributed by atoms with van der Waals surface area (Å²) in [4.78, 5) is 10.6. The molecule has 0 radical (unpaired) electrons. The average Bonchev–Trinajstić information content (AvgIpc) is 1.87. The molecule has 54 valence electrons. The minimum absolute atomic E-state index is 0.0585. The Bertz CT molecular complexity index is 93.1. The Hall–Kier alpha value is -0.0800. The van der Waals surface area contributed by atoms with E-state index in [2.05, 4.69) is 0 Å². The highest BCUT2D eigenvalue weighted by molar-refractivity contribution is 6.18. The molecule has 0 aliphatic rings. The van der Waals surface area contributed by atoms with Crippen LogP contribution in [0.15, 0.2) is 0 Å². The van der Waals surface area contributed by atoms with Gasteiger partial charge in [0.2, 0.25) is 0 Å². The van der Waals surface area contributed by atoms with Crippen LogP contribution in [0.4, 0.5) is 0 Å². The van der Waals surface area contributed by atoms with Crippen LogP contribution in [0.1, 0.15) is 19.8 Å². The zero-order valence-electron chi connectivity index (χ0n) is 5.43. The van der Waals surface area contributed by atoms with Crippen molar-refractivity contribution in [2.75, 3.05) is 5.88 Å². The fourth-order valence-corrected chi connectivity index (χ4v) is 0.571. The van der Waals surface area contributed by atoms with Crippen LogP contribution < -0.4 is 0 Å². The molecule has 0 bridgehead atoms. The molecule has 0 fully saturated rings. The lowest BCUT2D eigenvalue weighted by atomic mass is 10.2. The highest BCUT2D eigenvalue weighted by atomic mass is 35.5. The van der Waals surface area contributed by atoms with Crippen LogP contribution in [0.3, 0.4) is 0 Å². The molecule has 0 heterocycles. The van der Waals surface area contributed by atoms with Crippen LogP contribution in [0.5, 0.6) is 0 Å². The van der Waals surface area contributed by atoms with Gasteiger partial charge in [0, 0.05) is 18.7 Å². The van der Waals surface area contributed by atoms with E-state index < -0.39 is 6.10 Å². The Labute approximate surface area is 59.8 Å². The molecule has 0 amide bonds. The van der Waals surface area contributed by atoms with Gasteiger partial charge < -0.3 is 5.11 Å². The summed E-state index contributed by atoms with van der Waals surface area (Å²) in [5.41, 5.74) is 0. The summed E-state index contributed by atoms with van der Waals surface area (Å²) in [6, 6.07) is 0. The number of rotatable bonds is 4. The molecule has 0 aliphatic heterocycles. The molecule has 1 N–H and O–H groups in total. The minimum atomic E-state index is -0.654. The van der Waals surface area contributed by atoms with Crippen LogP contribution >= 0.6 is 11.6 Å². The first-order valence-electron chi connectivity index (χ1n) is 2.96. The molecule has 3 heteroatoms. The molecule has 9 heavy (non-hydrogen) atoms. The fourth-order valence-electron chi connectivity index (χ4n) is 0.462. The SMILES string of the molecule is CCC(=O)C[C@@H](O)CCl. The molecule has 0 aromatic heterocycles. The number of hydrogen-bond donors (Lipinski definition) is 1. The van der Waals surface area contributed by atoms with Gasteiger partial charge in [-0.15, -0.1) is 11.6 Å². The molecule has 0 aromatic rings. The number of aliphatic hydroxyl groups excluding tert-OH is 1. The Kier molecular flexibility index (Phi) is 4.72. The quantitative estimate of drug-likeness (QED) is 0.606. The van der Waals surface area contributed by atoms with Crippen LogP contribution in [0, 0.1) is 0 Å². The molecule has 0 rings (SSSR count). The second-order valence-electron chi connectivity index (χ2n) is 1.90. The van der Waals surface area contributed by atoms with E-state index in [1.54, 1.807) is 6.92 Å². The lowest BCUT2D eigenvalue weighted by Crippen LogP contribution is -2.13. The van der Waals surface area contributed by atoms with E-state index in [0.717, 1.165) is 0 Å². The molecule has 0 aliphatic carbocycles. The van der Waals surface area contributed by atoms with Gasteiger partial charge >= 0.3 is 0 Å². The molecule has 0 unspecified atom stereocenters.